The average Bonchev–Trinajstić information content (AvgIpc) is 2.82. The van der Waals surface area contributed by atoms with Gasteiger partial charge >= 0.3 is 0 Å². The van der Waals surface area contributed by atoms with Crippen molar-refractivity contribution in [3.63, 3.8) is 0 Å². The third-order valence-corrected chi connectivity index (χ3v) is 3.74. The van der Waals surface area contributed by atoms with E-state index in [1.54, 1.807) is 0 Å². The van der Waals surface area contributed by atoms with E-state index in [0.29, 0.717) is 5.92 Å². The predicted molar refractivity (Wildman–Crippen MR) is 66.9 cm³/mol. The Morgan fingerprint density at radius 2 is 2.00 bits per heavy atom. The summed E-state index contributed by atoms with van der Waals surface area (Å²) in [6.45, 7) is 0.0902. The SMILES string of the molecule is OCc1ccc2nc(C3CCCCC3)cn2c1. The second-order valence-corrected chi connectivity index (χ2v) is 4.96. The molecule has 1 aliphatic carbocycles. The fourth-order valence-electron chi connectivity index (χ4n) is 2.75. The van der Waals surface area contributed by atoms with E-state index in [9.17, 15) is 0 Å². The fourth-order valence-corrected chi connectivity index (χ4v) is 2.75. The van der Waals surface area contributed by atoms with Crippen LogP contribution in [0.2, 0.25) is 0 Å². The zero-order valence-electron chi connectivity index (χ0n) is 9.97. The van der Waals surface area contributed by atoms with E-state index in [2.05, 4.69) is 6.20 Å². The molecule has 0 radical (unpaired) electrons. The molecule has 3 nitrogen and oxygen atoms in total. The van der Waals surface area contributed by atoms with Gasteiger partial charge in [0.2, 0.25) is 0 Å². The van der Waals surface area contributed by atoms with E-state index in [0.717, 1.165) is 11.2 Å². The molecular weight excluding hydrogens is 212 g/mol. The first kappa shape index (κ1) is 10.8. The normalized spacial score (nSPS) is 17.7. The molecule has 0 unspecified atom stereocenters. The Morgan fingerprint density at radius 3 is 2.76 bits per heavy atom. The minimum absolute atomic E-state index is 0.0902. The summed E-state index contributed by atoms with van der Waals surface area (Å²) in [5.41, 5.74) is 3.15. The summed E-state index contributed by atoms with van der Waals surface area (Å²) in [5.74, 6) is 0.640. The molecule has 3 heteroatoms. The first-order valence-corrected chi connectivity index (χ1v) is 6.45. The van der Waals surface area contributed by atoms with Crippen molar-refractivity contribution in [3.8, 4) is 0 Å². The molecule has 2 aromatic rings. The maximum atomic E-state index is 9.12. The van der Waals surface area contributed by atoms with Crippen LogP contribution < -0.4 is 0 Å². The Bertz CT molecular complexity index is 512. The summed E-state index contributed by atoms with van der Waals surface area (Å²) in [5, 5.41) is 9.12. The van der Waals surface area contributed by atoms with Crippen molar-refractivity contribution in [3.05, 3.63) is 35.8 Å². The first-order chi connectivity index (χ1) is 8.36. The number of pyridine rings is 1. The standard InChI is InChI=1S/C14H18N2O/c17-10-11-6-7-14-15-13(9-16(14)8-11)12-4-2-1-3-5-12/h6-9,12,17H,1-5,10H2. The van der Waals surface area contributed by atoms with Crippen molar-refractivity contribution in [2.75, 3.05) is 0 Å². The van der Waals surface area contributed by atoms with Crippen molar-refractivity contribution < 1.29 is 5.11 Å². The molecule has 0 saturated heterocycles. The molecule has 1 N–H and O–H groups in total. The molecular formula is C14H18N2O. The largest absolute Gasteiger partial charge is 0.392 e. The van der Waals surface area contributed by atoms with Crippen molar-refractivity contribution in [1.82, 2.24) is 9.38 Å². The maximum absolute atomic E-state index is 9.12. The number of hydrogen-bond acceptors (Lipinski definition) is 2. The molecule has 2 aromatic heterocycles. The molecule has 1 fully saturated rings. The third kappa shape index (κ3) is 2.07. The van der Waals surface area contributed by atoms with Crippen LogP contribution in [0.15, 0.2) is 24.5 Å². The number of aliphatic hydroxyl groups excluding tert-OH is 1. The molecule has 1 saturated carbocycles. The fraction of sp³-hybridized carbons (Fsp3) is 0.500. The highest BCUT2D eigenvalue weighted by atomic mass is 16.3. The monoisotopic (exact) mass is 230 g/mol. The Labute approximate surface area is 101 Å². The molecule has 0 bridgehead atoms. The number of rotatable bonds is 2. The number of aromatic nitrogens is 2. The van der Waals surface area contributed by atoms with Crippen LogP contribution in [-0.2, 0) is 6.61 Å². The van der Waals surface area contributed by atoms with Gasteiger partial charge in [0.05, 0.1) is 12.3 Å². The molecule has 0 spiro atoms. The Balaban J connectivity index is 1.95. The highest BCUT2D eigenvalue weighted by Gasteiger charge is 2.18. The number of fused-ring (bicyclic) bond motifs is 1. The molecule has 0 aliphatic heterocycles. The van der Waals surface area contributed by atoms with Crippen LogP contribution in [-0.4, -0.2) is 14.5 Å². The number of aliphatic hydroxyl groups is 1. The highest BCUT2D eigenvalue weighted by Crippen LogP contribution is 2.32. The van der Waals surface area contributed by atoms with Crippen molar-refractivity contribution in [2.45, 2.75) is 44.6 Å². The summed E-state index contributed by atoms with van der Waals surface area (Å²) in [4.78, 5) is 4.69. The maximum Gasteiger partial charge on any atom is 0.137 e. The zero-order valence-corrected chi connectivity index (χ0v) is 9.97. The van der Waals surface area contributed by atoms with Crippen molar-refractivity contribution in [1.29, 1.82) is 0 Å². The van der Waals surface area contributed by atoms with Gasteiger partial charge in [0, 0.05) is 18.3 Å². The molecule has 17 heavy (non-hydrogen) atoms. The molecule has 2 heterocycles. The van der Waals surface area contributed by atoms with Gasteiger partial charge in [0.1, 0.15) is 5.65 Å². The van der Waals surface area contributed by atoms with Gasteiger partial charge < -0.3 is 9.51 Å². The molecule has 0 amide bonds. The second-order valence-electron chi connectivity index (χ2n) is 4.96. The van der Waals surface area contributed by atoms with E-state index < -0.39 is 0 Å². The first-order valence-electron chi connectivity index (χ1n) is 6.45. The molecule has 0 atom stereocenters. The highest BCUT2D eigenvalue weighted by molar-refractivity contribution is 5.42. The Morgan fingerprint density at radius 1 is 1.18 bits per heavy atom. The van der Waals surface area contributed by atoms with Gasteiger partial charge in [0.15, 0.2) is 0 Å². The minimum Gasteiger partial charge on any atom is -0.392 e. The van der Waals surface area contributed by atoms with Gasteiger partial charge in [-0.25, -0.2) is 4.98 Å². The van der Waals surface area contributed by atoms with Gasteiger partial charge in [-0.1, -0.05) is 25.3 Å². The molecule has 3 rings (SSSR count). The van der Waals surface area contributed by atoms with Gasteiger partial charge in [-0.3, -0.25) is 0 Å². The lowest BCUT2D eigenvalue weighted by atomic mass is 9.87. The second kappa shape index (κ2) is 4.49. The topological polar surface area (TPSA) is 37.5 Å². The lowest BCUT2D eigenvalue weighted by Crippen LogP contribution is -2.04. The van der Waals surface area contributed by atoms with Crippen LogP contribution in [0.25, 0.3) is 5.65 Å². The van der Waals surface area contributed by atoms with Crippen molar-refractivity contribution >= 4 is 5.65 Å². The van der Waals surface area contributed by atoms with Gasteiger partial charge in [-0.05, 0) is 24.5 Å². The summed E-state index contributed by atoms with van der Waals surface area (Å²) in [7, 11) is 0. The van der Waals surface area contributed by atoms with Crippen LogP contribution in [0.1, 0.15) is 49.3 Å². The molecule has 0 aromatic carbocycles. The third-order valence-electron chi connectivity index (χ3n) is 3.74. The summed E-state index contributed by atoms with van der Waals surface area (Å²) < 4.78 is 2.04. The average molecular weight is 230 g/mol. The molecule has 1 aliphatic rings. The summed E-state index contributed by atoms with van der Waals surface area (Å²) in [6, 6.07) is 3.92. The minimum atomic E-state index is 0.0902. The van der Waals surface area contributed by atoms with Crippen LogP contribution in [0.5, 0.6) is 0 Å². The van der Waals surface area contributed by atoms with Crippen molar-refractivity contribution in [2.24, 2.45) is 0 Å². The summed E-state index contributed by atoms with van der Waals surface area (Å²) >= 11 is 0. The summed E-state index contributed by atoms with van der Waals surface area (Å²) in [6.07, 6.45) is 10.7. The Kier molecular flexibility index (Phi) is 2.85. The lowest BCUT2D eigenvalue weighted by molar-refractivity contribution is 0.281. The number of imidazole rings is 1. The van der Waals surface area contributed by atoms with Crippen LogP contribution in [0.3, 0.4) is 0 Å². The number of nitrogens with zero attached hydrogens (tertiary/aromatic N) is 2. The van der Waals surface area contributed by atoms with E-state index >= 15 is 0 Å². The quantitative estimate of drug-likeness (QED) is 0.861. The van der Waals surface area contributed by atoms with E-state index in [1.165, 1.54) is 37.8 Å². The lowest BCUT2D eigenvalue weighted by Gasteiger charge is -2.19. The van der Waals surface area contributed by atoms with E-state index in [4.69, 9.17) is 10.1 Å². The van der Waals surface area contributed by atoms with Crippen LogP contribution in [0, 0.1) is 0 Å². The van der Waals surface area contributed by atoms with Crippen LogP contribution >= 0.6 is 0 Å². The Hall–Kier alpha value is -1.35. The van der Waals surface area contributed by atoms with Gasteiger partial charge in [-0.15, -0.1) is 0 Å². The smallest absolute Gasteiger partial charge is 0.137 e. The van der Waals surface area contributed by atoms with E-state index in [-0.39, 0.29) is 6.61 Å². The zero-order chi connectivity index (χ0) is 11.7. The van der Waals surface area contributed by atoms with Gasteiger partial charge in [0.25, 0.3) is 0 Å². The van der Waals surface area contributed by atoms with E-state index in [1.807, 2.05) is 22.7 Å². The molecule has 90 valence electrons. The van der Waals surface area contributed by atoms with Gasteiger partial charge in [-0.2, -0.15) is 0 Å². The van der Waals surface area contributed by atoms with Crippen LogP contribution in [0.4, 0.5) is 0 Å². The predicted octanol–water partition coefficient (Wildman–Crippen LogP) is 2.87. The number of hydrogen-bond donors (Lipinski definition) is 1.